The lowest BCUT2D eigenvalue weighted by Crippen LogP contribution is -2.36. The molecule has 0 spiro atoms. The lowest BCUT2D eigenvalue weighted by molar-refractivity contribution is 0.311. The Morgan fingerprint density at radius 3 is 2.62 bits per heavy atom. The Labute approximate surface area is 130 Å². The van der Waals surface area contributed by atoms with E-state index in [4.69, 9.17) is 4.98 Å². The van der Waals surface area contributed by atoms with Crippen LogP contribution >= 0.6 is 11.3 Å². The van der Waals surface area contributed by atoms with Crippen molar-refractivity contribution < 1.29 is 0 Å². The van der Waals surface area contributed by atoms with Gasteiger partial charge in [-0.3, -0.25) is 0 Å². The molecule has 1 fully saturated rings. The number of anilines is 2. The first-order valence-corrected chi connectivity index (χ1v) is 8.61. The smallest absolute Gasteiger partial charge is 0.225 e. The summed E-state index contributed by atoms with van der Waals surface area (Å²) in [6, 6.07) is 2.23. The van der Waals surface area contributed by atoms with Gasteiger partial charge in [0.1, 0.15) is 10.6 Å². The molecule has 3 heterocycles. The highest BCUT2D eigenvalue weighted by Crippen LogP contribution is 2.34. The van der Waals surface area contributed by atoms with E-state index in [1.807, 2.05) is 7.05 Å². The highest BCUT2D eigenvalue weighted by molar-refractivity contribution is 7.18. The number of aromatic nitrogens is 2. The third-order valence-electron chi connectivity index (χ3n) is 4.50. The van der Waals surface area contributed by atoms with Crippen LogP contribution in [0, 0.1) is 18.8 Å². The van der Waals surface area contributed by atoms with E-state index < -0.39 is 0 Å². The van der Waals surface area contributed by atoms with E-state index in [1.165, 1.54) is 23.1 Å². The minimum absolute atomic E-state index is 0.727. The monoisotopic (exact) mass is 304 g/mol. The van der Waals surface area contributed by atoms with Gasteiger partial charge in [0, 0.05) is 25.0 Å². The first-order valence-electron chi connectivity index (χ1n) is 7.79. The molecule has 1 aliphatic heterocycles. The summed E-state index contributed by atoms with van der Waals surface area (Å²) < 4.78 is 0. The largest absolute Gasteiger partial charge is 0.357 e. The van der Waals surface area contributed by atoms with Crippen molar-refractivity contribution in [2.45, 2.75) is 33.6 Å². The molecular weight excluding hydrogens is 280 g/mol. The molecule has 1 aliphatic rings. The van der Waals surface area contributed by atoms with Gasteiger partial charge in [-0.25, -0.2) is 4.98 Å². The number of nitrogens with one attached hydrogen (secondary N) is 1. The van der Waals surface area contributed by atoms with E-state index in [-0.39, 0.29) is 0 Å². The van der Waals surface area contributed by atoms with Crippen LogP contribution in [-0.4, -0.2) is 30.1 Å². The molecule has 1 N–H and O–H groups in total. The molecule has 21 heavy (non-hydrogen) atoms. The molecule has 3 rings (SSSR count). The Balaban J connectivity index is 1.93. The quantitative estimate of drug-likeness (QED) is 0.933. The maximum Gasteiger partial charge on any atom is 0.225 e. The Morgan fingerprint density at radius 1 is 1.29 bits per heavy atom. The molecule has 2 aromatic heterocycles. The molecule has 0 atom stereocenters. The molecule has 1 saturated heterocycles. The number of piperidine rings is 1. The zero-order valence-corrected chi connectivity index (χ0v) is 14.1. The second kappa shape index (κ2) is 5.79. The molecule has 0 aliphatic carbocycles. The fourth-order valence-corrected chi connectivity index (χ4v) is 4.03. The van der Waals surface area contributed by atoms with E-state index in [2.05, 4.69) is 42.0 Å². The lowest BCUT2D eigenvalue weighted by Gasteiger charge is -2.34. The number of rotatable bonds is 3. The SMILES string of the molecule is CNc1nc(N2CCC(C(C)C)CC2)c2cc(C)sc2n1. The van der Waals surface area contributed by atoms with Crippen molar-refractivity contribution >= 4 is 33.3 Å². The molecule has 2 aromatic rings. The van der Waals surface area contributed by atoms with Crippen LogP contribution in [0.5, 0.6) is 0 Å². The highest BCUT2D eigenvalue weighted by Gasteiger charge is 2.24. The van der Waals surface area contributed by atoms with Gasteiger partial charge in [0.25, 0.3) is 0 Å². The minimum Gasteiger partial charge on any atom is -0.357 e. The van der Waals surface area contributed by atoms with Gasteiger partial charge in [0.05, 0.1) is 5.39 Å². The van der Waals surface area contributed by atoms with Crippen molar-refractivity contribution in [1.82, 2.24) is 9.97 Å². The second-order valence-corrected chi connectivity index (χ2v) is 7.50. The van der Waals surface area contributed by atoms with Crippen LogP contribution < -0.4 is 10.2 Å². The number of thiophene rings is 1. The van der Waals surface area contributed by atoms with Crippen LogP contribution in [0.2, 0.25) is 0 Å². The molecule has 0 saturated carbocycles. The predicted octanol–water partition coefficient (Wildman–Crippen LogP) is 3.91. The summed E-state index contributed by atoms with van der Waals surface area (Å²) in [5, 5.41) is 4.30. The summed E-state index contributed by atoms with van der Waals surface area (Å²) >= 11 is 1.75. The molecule has 0 amide bonds. The zero-order chi connectivity index (χ0) is 15.0. The minimum atomic E-state index is 0.727. The average Bonchev–Trinajstić information content (AvgIpc) is 2.86. The number of fused-ring (bicyclic) bond motifs is 1. The Morgan fingerprint density at radius 2 is 2.00 bits per heavy atom. The van der Waals surface area contributed by atoms with Crippen LogP contribution in [-0.2, 0) is 0 Å². The highest BCUT2D eigenvalue weighted by atomic mass is 32.1. The Bertz CT molecular complexity index is 626. The molecule has 0 radical (unpaired) electrons. The Kier molecular flexibility index (Phi) is 4.02. The van der Waals surface area contributed by atoms with Crippen LogP contribution in [0.4, 0.5) is 11.8 Å². The number of nitrogens with zero attached hydrogens (tertiary/aromatic N) is 3. The van der Waals surface area contributed by atoms with Crippen molar-refractivity contribution in [3.63, 3.8) is 0 Å². The molecule has 5 heteroatoms. The van der Waals surface area contributed by atoms with Gasteiger partial charge in [-0.2, -0.15) is 4.98 Å². The van der Waals surface area contributed by atoms with Gasteiger partial charge in [-0.05, 0) is 37.7 Å². The predicted molar refractivity (Wildman–Crippen MR) is 91.5 cm³/mol. The number of aryl methyl sites for hydroxylation is 1. The number of hydrogen-bond acceptors (Lipinski definition) is 5. The molecule has 0 aromatic carbocycles. The fraction of sp³-hybridized carbons (Fsp3) is 0.625. The van der Waals surface area contributed by atoms with Crippen LogP contribution in [0.25, 0.3) is 10.2 Å². The van der Waals surface area contributed by atoms with Gasteiger partial charge < -0.3 is 10.2 Å². The van der Waals surface area contributed by atoms with Crippen molar-refractivity contribution in [2.24, 2.45) is 11.8 Å². The van der Waals surface area contributed by atoms with E-state index in [0.29, 0.717) is 0 Å². The summed E-state index contributed by atoms with van der Waals surface area (Å²) in [6.45, 7) is 9.02. The van der Waals surface area contributed by atoms with E-state index in [0.717, 1.165) is 41.5 Å². The van der Waals surface area contributed by atoms with Crippen molar-refractivity contribution in [2.75, 3.05) is 30.4 Å². The van der Waals surface area contributed by atoms with Gasteiger partial charge in [0.2, 0.25) is 5.95 Å². The summed E-state index contributed by atoms with van der Waals surface area (Å²) in [6.07, 6.45) is 2.53. The van der Waals surface area contributed by atoms with Crippen molar-refractivity contribution in [3.8, 4) is 0 Å². The average molecular weight is 304 g/mol. The van der Waals surface area contributed by atoms with Gasteiger partial charge in [0.15, 0.2) is 0 Å². The van der Waals surface area contributed by atoms with Gasteiger partial charge >= 0.3 is 0 Å². The standard InChI is InChI=1S/C16H24N4S/c1-10(2)12-5-7-20(8-6-12)14-13-9-11(3)21-15(13)19-16(17-4)18-14/h9-10,12H,5-8H2,1-4H3,(H,17,18,19). The summed E-state index contributed by atoms with van der Waals surface area (Å²) in [5.74, 6) is 3.47. The molecule has 4 nitrogen and oxygen atoms in total. The Hall–Kier alpha value is -1.36. The summed E-state index contributed by atoms with van der Waals surface area (Å²) in [4.78, 5) is 14.1. The van der Waals surface area contributed by atoms with Gasteiger partial charge in [-0.15, -0.1) is 11.3 Å². The normalized spacial score (nSPS) is 16.9. The lowest BCUT2D eigenvalue weighted by atomic mass is 9.87. The fourth-order valence-electron chi connectivity index (χ4n) is 3.16. The first kappa shape index (κ1) is 14.6. The number of hydrogen-bond donors (Lipinski definition) is 1. The van der Waals surface area contributed by atoms with Crippen molar-refractivity contribution in [3.05, 3.63) is 10.9 Å². The maximum atomic E-state index is 4.74. The molecule has 114 valence electrons. The van der Waals surface area contributed by atoms with Crippen molar-refractivity contribution in [1.29, 1.82) is 0 Å². The zero-order valence-electron chi connectivity index (χ0n) is 13.3. The van der Waals surface area contributed by atoms with Gasteiger partial charge in [-0.1, -0.05) is 13.8 Å². The third-order valence-corrected chi connectivity index (χ3v) is 5.45. The van der Waals surface area contributed by atoms with Crippen LogP contribution in [0.1, 0.15) is 31.6 Å². The topological polar surface area (TPSA) is 41.1 Å². The summed E-state index contributed by atoms with van der Waals surface area (Å²) in [5.41, 5.74) is 0. The van der Waals surface area contributed by atoms with Crippen LogP contribution in [0.3, 0.4) is 0 Å². The summed E-state index contributed by atoms with van der Waals surface area (Å²) in [7, 11) is 1.89. The molecule has 0 unspecified atom stereocenters. The second-order valence-electron chi connectivity index (χ2n) is 6.27. The molecule has 0 bridgehead atoms. The van der Waals surface area contributed by atoms with Crippen LogP contribution in [0.15, 0.2) is 6.07 Å². The maximum absolute atomic E-state index is 4.74. The third kappa shape index (κ3) is 2.84. The molecular formula is C16H24N4S. The van der Waals surface area contributed by atoms with E-state index in [9.17, 15) is 0 Å². The first-order chi connectivity index (χ1) is 10.1. The van der Waals surface area contributed by atoms with E-state index in [1.54, 1.807) is 11.3 Å². The van der Waals surface area contributed by atoms with E-state index >= 15 is 0 Å².